The molecule has 0 aliphatic carbocycles. The highest BCUT2D eigenvalue weighted by Crippen LogP contribution is 2.17. The molecule has 0 heterocycles. The first-order valence-electron chi connectivity index (χ1n) is 5.84. The Kier molecular flexibility index (Phi) is 5.74. The van der Waals surface area contributed by atoms with Crippen LogP contribution in [0.4, 0.5) is 5.69 Å². The van der Waals surface area contributed by atoms with Crippen LogP contribution in [0.25, 0.3) is 0 Å². The molecule has 1 amide bonds. The van der Waals surface area contributed by atoms with Gasteiger partial charge in [-0.05, 0) is 19.1 Å². The number of carbonyl (C=O) groups is 1. The van der Waals surface area contributed by atoms with Gasteiger partial charge in [0.2, 0.25) is 0 Å². The zero-order chi connectivity index (χ0) is 14.3. The lowest BCUT2D eigenvalue weighted by Crippen LogP contribution is -2.36. The quantitative estimate of drug-likeness (QED) is 0.583. The highest BCUT2D eigenvalue weighted by Gasteiger charge is 2.12. The Bertz CT molecular complexity index is 432. The number of amides is 1. The van der Waals surface area contributed by atoms with E-state index in [0.717, 1.165) is 0 Å². The average Bonchev–Trinajstić information content (AvgIpc) is 2.42. The third kappa shape index (κ3) is 4.55. The minimum atomic E-state index is -0.505. The maximum absolute atomic E-state index is 11.7. The third-order valence-corrected chi connectivity index (χ3v) is 2.51. The number of carbonyl (C=O) groups excluding carboxylic acids is 1. The number of nitrogens with zero attached hydrogens (tertiary/aromatic N) is 2. The first-order chi connectivity index (χ1) is 9.08. The number of ether oxygens (including phenoxy) is 1. The van der Waals surface area contributed by atoms with Gasteiger partial charge in [0, 0.05) is 25.2 Å². The molecular weight excluding hydrogens is 252 g/mol. The Balaban J connectivity index is 2.52. The van der Waals surface area contributed by atoms with Crippen molar-refractivity contribution in [2.24, 2.45) is 0 Å². The second kappa shape index (κ2) is 7.32. The highest BCUT2D eigenvalue weighted by atomic mass is 16.6. The molecule has 0 unspecified atom stereocenters. The van der Waals surface area contributed by atoms with E-state index in [1.165, 1.54) is 29.2 Å². The molecule has 0 saturated heterocycles. The maximum Gasteiger partial charge on any atom is 0.269 e. The number of hydrogen-bond acceptors (Lipinski definition) is 5. The van der Waals surface area contributed by atoms with Crippen molar-refractivity contribution in [3.05, 3.63) is 34.4 Å². The van der Waals surface area contributed by atoms with E-state index < -0.39 is 4.92 Å². The number of likely N-dealkylation sites (N-methyl/N-ethyl adjacent to an activating group) is 1. The minimum Gasteiger partial charge on any atom is -0.484 e. The summed E-state index contributed by atoms with van der Waals surface area (Å²) < 4.78 is 5.24. The molecule has 0 saturated carbocycles. The van der Waals surface area contributed by atoms with Crippen LogP contribution in [0.5, 0.6) is 5.75 Å². The van der Waals surface area contributed by atoms with Crippen molar-refractivity contribution in [3.8, 4) is 5.75 Å². The Hall–Kier alpha value is -2.15. The van der Waals surface area contributed by atoms with Crippen molar-refractivity contribution < 1.29 is 19.6 Å². The van der Waals surface area contributed by atoms with Crippen molar-refractivity contribution >= 4 is 11.6 Å². The molecule has 0 fully saturated rings. The van der Waals surface area contributed by atoms with E-state index in [-0.39, 0.29) is 31.4 Å². The normalized spacial score (nSPS) is 10.0. The maximum atomic E-state index is 11.7. The largest absolute Gasteiger partial charge is 0.484 e. The van der Waals surface area contributed by atoms with Crippen molar-refractivity contribution in [3.63, 3.8) is 0 Å². The molecular formula is C12H16N2O5. The fourth-order valence-electron chi connectivity index (χ4n) is 1.48. The number of non-ortho nitro benzene ring substituents is 1. The lowest BCUT2D eigenvalue weighted by Gasteiger charge is -2.19. The summed E-state index contributed by atoms with van der Waals surface area (Å²) in [7, 11) is 0. The van der Waals surface area contributed by atoms with Gasteiger partial charge in [-0.2, -0.15) is 0 Å². The molecule has 0 aliphatic rings. The van der Waals surface area contributed by atoms with Crippen LogP contribution in [0, 0.1) is 10.1 Å². The summed E-state index contributed by atoms with van der Waals surface area (Å²) in [6.07, 6.45) is 0. The summed E-state index contributed by atoms with van der Waals surface area (Å²) in [6.45, 7) is 2.30. The van der Waals surface area contributed by atoms with Gasteiger partial charge in [0.25, 0.3) is 11.6 Å². The summed E-state index contributed by atoms with van der Waals surface area (Å²) in [5, 5.41) is 19.2. The molecule has 0 aliphatic heterocycles. The lowest BCUT2D eigenvalue weighted by atomic mass is 10.3. The van der Waals surface area contributed by atoms with Crippen LogP contribution in [0.15, 0.2) is 24.3 Å². The van der Waals surface area contributed by atoms with E-state index in [2.05, 4.69) is 0 Å². The number of hydrogen-bond donors (Lipinski definition) is 1. The molecule has 1 rings (SSSR count). The lowest BCUT2D eigenvalue weighted by molar-refractivity contribution is -0.384. The van der Waals surface area contributed by atoms with Crippen molar-refractivity contribution in [2.75, 3.05) is 26.3 Å². The standard InChI is InChI=1S/C12H16N2O5/c1-2-13(7-8-15)12(16)9-19-11-5-3-10(4-6-11)14(17)18/h3-6,15H,2,7-9H2,1H3. The van der Waals surface area contributed by atoms with Crippen LogP contribution in [0.3, 0.4) is 0 Å². The van der Waals surface area contributed by atoms with E-state index in [1.54, 1.807) is 6.92 Å². The number of aliphatic hydroxyl groups is 1. The molecule has 7 nitrogen and oxygen atoms in total. The van der Waals surface area contributed by atoms with Crippen molar-refractivity contribution in [2.45, 2.75) is 6.92 Å². The minimum absolute atomic E-state index is 0.0332. The number of aliphatic hydroxyl groups excluding tert-OH is 1. The monoisotopic (exact) mass is 268 g/mol. The molecule has 0 bridgehead atoms. The van der Waals surface area contributed by atoms with Gasteiger partial charge in [-0.1, -0.05) is 0 Å². The second-order valence-electron chi connectivity index (χ2n) is 3.74. The second-order valence-corrected chi connectivity index (χ2v) is 3.74. The van der Waals surface area contributed by atoms with Crippen molar-refractivity contribution in [1.29, 1.82) is 0 Å². The van der Waals surface area contributed by atoms with E-state index >= 15 is 0 Å². The zero-order valence-electron chi connectivity index (χ0n) is 10.6. The molecule has 0 atom stereocenters. The topological polar surface area (TPSA) is 92.9 Å². The Morgan fingerprint density at radius 1 is 1.42 bits per heavy atom. The van der Waals surface area contributed by atoms with E-state index in [0.29, 0.717) is 12.3 Å². The van der Waals surface area contributed by atoms with E-state index in [4.69, 9.17) is 9.84 Å². The summed E-state index contributed by atoms with van der Waals surface area (Å²) in [5.41, 5.74) is -0.0332. The molecule has 19 heavy (non-hydrogen) atoms. The fraction of sp³-hybridized carbons (Fsp3) is 0.417. The first-order valence-corrected chi connectivity index (χ1v) is 5.84. The number of nitro groups is 1. The van der Waals surface area contributed by atoms with Crippen LogP contribution in [0.1, 0.15) is 6.92 Å². The summed E-state index contributed by atoms with van der Waals surface area (Å²) in [4.78, 5) is 23.1. The molecule has 0 spiro atoms. The molecule has 1 aromatic carbocycles. The van der Waals surface area contributed by atoms with Gasteiger partial charge in [0.1, 0.15) is 5.75 Å². The predicted molar refractivity (Wildman–Crippen MR) is 67.9 cm³/mol. The third-order valence-electron chi connectivity index (χ3n) is 2.51. The van der Waals surface area contributed by atoms with Crippen LogP contribution in [0.2, 0.25) is 0 Å². The molecule has 104 valence electrons. The zero-order valence-corrected chi connectivity index (χ0v) is 10.6. The predicted octanol–water partition coefficient (Wildman–Crippen LogP) is 0.814. The van der Waals surface area contributed by atoms with Crippen LogP contribution < -0.4 is 4.74 Å². The Morgan fingerprint density at radius 3 is 2.53 bits per heavy atom. The van der Waals surface area contributed by atoms with Gasteiger partial charge in [0.05, 0.1) is 11.5 Å². The Morgan fingerprint density at radius 2 is 2.05 bits per heavy atom. The smallest absolute Gasteiger partial charge is 0.269 e. The van der Waals surface area contributed by atoms with Crippen LogP contribution in [-0.2, 0) is 4.79 Å². The van der Waals surface area contributed by atoms with Gasteiger partial charge in [-0.15, -0.1) is 0 Å². The number of benzene rings is 1. The summed E-state index contributed by atoms with van der Waals surface area (Å²) in [5.74, 6) is 0.147. The van der Waals surface area contributed by atoms with Gasteiger partial charge < -0.3 is 14.7 Å². The van der Waals surface area contributed by atoms with Gasteiger partial charge in [-0.3, -0.25) is 14.9 Å². The van der Waals surface area contributed by atoms with Gasteiger partial charge in [-0.25, -0.2) is 0 Å². The fourth-order valence-corrected chi connectivity index (χ4v) is 1.48. The molecule has 1 aromatic rings. The van der Waals surface area contributed by atoms with E-state index in [9.17, 15) is 14.9 Å². The SMILES string of the molecule is CCN(CCO)C(=O)COc1ccc([N+](=O)[O-])cc1. The van der Waals surface area contributed by atoms with Gasteiger partial charge in [0.15, 0.2) is 6.61 Å². The summed E-state index contributed by atoms with van der Waals surface area (Å²) in [6, 6.07) is 5.50. The molecule has 0 radical (unpaired) electrons. The van der Waals surface area contributed by atoms with Gasteiger partial charge >= 0.3 is 0 Å². The Labute approximate surface area is 110 Å². The van der Waals surface area contributed by atoms with Crippen molar-refractivity contribution in [1.82, 2.24) is 4.90 Å². The summed E-state index contributed by atoms with van der Waals surface area (Å²) >= 11 is 0. The van der Waals surface area contributed by atoms with Crippen LogP contribution >= 0.6 is 0 Å². The molecule has 7 heteroatoms. The number of nitro benzene ring substituents is 1. The molecule has 0 aromatic heterocycles. The van der Waals surface area contributed by atoms with E-state index in [1.807, 2.05) is 0 Å². The number of rotatable bonds is 7. The first kappa shape index (κ1) is 14.9. The highest BCUT2D eigenvalue weighted by molar-refractivity contribution is 5.77. The van der Waals surface area contributed by atoms with Crippen LogP contribution in [-0.4, -0.2) is 47.1 Å². The molecule has 1 N–H and O–H groups in total. The average molecular weight is 268 g/mol.